The van der Waals surface area contributed by atoms with Crippen LogP contribution < -0.4 is 5.32 Å². The zero-order valence-electron chi connectivity index (χ0n) is 12.9. The van der Waals surface area contributed by atoms with Crippen molar-refractivity contribution in [3.8, 4) is 0 Å². The number of allylic oxidation sites excluding steroid dienone is 2. The monoisotopic (exact) mass is 313 g/mol. The molecule has 1 aliphatic heterocycles. The lowest BCUT2D eigenvalue weighted by Gasteiger charge is -2.33. The van der Waals surface area contributed by atoms with Gasteiger partial charge in [-0.1, -0.05) is 12.2 Å². The van der Waals surface area contributed by atoms with Crippen molar-refractivity contribution in [3.63, 3.8) is 0 Å². The van der Waals surface area contributed by atoms with E-state index in [0.717, 1.165) is 50.5 Å². The van der Waals surface area contributed by atoms with Gasteiger partial charge in [-0.05, 0) is 37.1 Å². The molecule has 0 unspecified atom stereocenters. The Bertz CT molecular complexity index is 483. The van der Waals surface area contributed by atoms with Crippen molar-refractivity contribution in [1.29, 1.82) is 0 Å². The van der Waals surface area contributed by atoms with Crippen LogP contribution in [0.25, 0.3) is 0 Å². The summed E-state index contributed by atoms with van der Waals surface area (Å²) in [4.78, 5) is 2.36. The second-order valence-electron chi connectivity index (χ2n) is 6.75. The molecule has 0 radical (unpaired) electrons. The van der Waals surface area contributed by atoms with Crippen LogP contribution in [0, 0.1) is 17.8 Å². The van der Waals surface area contributed by atoms with E-state index in [1.807, 2.05) is 0 Å². The second kappa shape index (κ2) is 6.36. The van der Waals surface area contributed by atoms with E-state index in [1.165, 1.54) is 19.1 Å². The predicted molar refractivity (Wildman–Crippen MR) is 84.6 cm³/mol. The van der Waals surface area contributed by atoms with Crippen LogP contribution in [-0.4, -0.2) is 69.7 Å². The number of rotatable bonds is 6. The summed E-state index contributed by atoms with van der Waals surface area (Å²) in [6.45, 7) is 6.14. The predicted octanol–water partition coefficient (Wildman–Crippen LogP) is 0.365. The molecule has 0 aromatic carbocycles. The minimum Gasteiger partial charge on any atom is -0.315 e. The minimum absolute atomic E-state index is 0.635. The van der Waals surface area contributed by atoms with Crippen molar-refractivity contribution >= 4 is 10.0 Å². The molecular weight excluding hydrogens is 286 g/mol. The minimum atomic E-state index is -3.01. The van der Waals surface area contributed by atoms with Crippen LogP contribution in [0.15, 0.2) is 12.2 Å². The van der Waals surface area contributed by atoms with Crippen LogP contribution in [0.1, 0.15) is 12.8 Å². The Kier molecular flexibility index (Phi) is 4.69. The number of hydrogen-bond donors (Lipinski definition) is 1. The van der Waals surface area contributed by atoms with Gasteiger partial charge in [-0.3, -0.25) is 4.90 Å². The smallest absolute Gasteiger partial charge is 0.211 e. The number of piperazine rings is 1. The normalized spacial score (nSPS) is 33.9. The zero-order valence-corrected chi connectivity index (χ0v) is 13.7. The van der Waals surface area contributed by atoms with Crippen molar-refractivity contribution < 1.29 is 8.42 Å². The van der Waals surface area contributed by atoms with Crippen LogP contribution in [0.4, 0.5) is 0 Å². The number of nitrogens with zero attached hydrogens (tertiary/aromatic N) is 2. The van der Waals surface area contributed by atoms with Crippen LogP contribution in [0.5, 0.6) is 0 Å². The lowest BCUT2D eigenvalue weighted by Crippen LogP contribution is -2.49. The fraction of sp³-hybridized carbons (Fsp3) is 0.867. The van der Waals surface area contributed by atoms with Gasteiger partial charge in [0.25, 0.3) is 0 Å². The van der Waals surface area contributed by atoms with Gasteiger partial charge < -0.3 is 5.32 Å². The van der Waals surface area contributed by atoms with Crippen molar-refractivity contribution in [2.75, 3.05) is 52.1 Å². The molecule has 120 valence electrons. The van der Waals surface area contributed by atoms with Gasteiger partial charge >= 0.3 is 0 Å². The highest BCUT2D eigenvalue weighted by Crippen LogP contribution is 2.42. The Labute approximate surface area is 128 Å². The van der Waals surface area contributed by atoms with Gasteiger partial charge in [0.15, 0.2) is 0 Å². The van der Waals surface area contributed by atoms with Crippen molar-refractivity contribution in [1.82, 2.24) is 14.5 Å². The maximum atomic E-state index is 11.5. The molecule has 1 saturated heterocycles. The lowest BCUT2D eigenvalue weighted by molar-refractivity contribution is 0.188. The highest BCUT2D eigenvalue weighted by molar-refractivity contribution is 7.88. The maximum absolute atomic E-state index is 11.5. The van der Waals surface area contributed by atoms with E-state index in [9.17, 15) is 8.42 Å². The molecule has 2 bridgehead atoms. The molecule has 2 aliphatic carbocycles. The third kappa shape index (κ3) is 3.86. The van der Waals surface area contributed by atoms with Gasteiger partial charge in [-0.15, -0.1) is 0 Å². The van der Waals surface area contributed by atoms with Gasteiger partial charge in [0.1, 0.15) is 0 Å². The molecular formula is C15H27N3O2S. The molecule has 21 heavy (non-hydrogen) atoms. The van der Waals surface area contributed by atoms with Gasteiger partial charge in [-0.2, -0.15) is 4.31 Å². The summed E-state index contributed by atoms with van der Waals surface area (Å²) in [5.74, 6) is 2.51. The Morgan fingerprint density at radius 1 is 1.14 bits per heavy atom. The van der Waals surface area contributed by atoms with Crippen molar-refractivity contribution in [3.05, 3.63) is 12.2 Å². The molecule has 1 heterocycles. The van der Waals surface area contributed by atoms with E-state index in [0.29, 0.717) is 13.1 Å². The molecule has 1 saturated carbocycles. The first-order valence-electron chi connectivity index (χ1n) is 8.09. The van der Waals surface area contributed by atoms with E-state index in [2.05, 4.69) is 22.4 Å². The summed E-state index contributed by atoms with van der Waals surface area (Å²) >= 11 is 0. The topological polar surface area (TPSA) is 52.7 Å². The fourth-order valence-electron chi connectivity index (χ4n) is 3.94. The van der Waals surface area contributed by atoms with E-state index in [-0.39, 0.29) is 0 Å². The van der Waals surface area contributed by atoms with Crippen LogP contribution in [0.3, 0.4) is 0 Å². The van der Waals surface area contributed by atoms with E-state index in [1.54, 1.807) is 4.31 Å². The molecule has 0 spiro atoms. The van der Waals surface area contributed by atoms with Gasteiger partial charge in [-0.25, -0.2) is 8.42 Å². The first kappa shape index (κ1) is 15.5. The Morgan fingerprint density at radius 2 is 1.90 bits per heavy atom. The number of fused-ring (bicyclic) bond motifs is 2. The highest BCUT2D eigenvalue weighted by atomic mass is 32.2. The molecule has 3 aliphatic rings. The van der Waals surface area contributed by atoms with Crippen molar-refractivity contribution in [2.24, 2.45) is 17.8 Å². The molecule has 0 aromatic rings. The summed E-state index contributed by atoms with van der Waals surface area (Å²) in [7, 11) is -3.01. The summed E-state index contributed by atoms with van der Waals surface area (Å²) in [5, 5.41) is 3.59. The first-order valence-corrected chi connectivity index (χ1v) is 9.94. The van der Waals surface area contributed by atoms with E-state index >= 15 is 0 Å². The van der Waals surface area contributed by atoms with Gasteiger partial charge in [0.05, 0.1) is 6.26 Å². The van der Waals surface area contributed by atoms with E-state index < -0.39 is 10.0 Å². The molecule has 0 aromatic heterocycles. The molecule has 0 amide bonds. The third-order valence-corrected chi connectivity index (χ3v) is 6.53. The van der Waals surface area contributed by atoms with Crippen LogP contribution >= 0.6 is 0 Å². The van der Waals surface area contributed by atoms with Gasteiger partial charge in [0.2, 0.25) is 10.0 Å². The number of hydrogen-bond acceptors (Lipinski definition) is 4. The Morgan fingerprint density at radius 3 is 2.48 bits per heavy atom. The Hall–Kier alpha value is -0.430. The molecule has 1 N–H and O–H groups in total. The summed E-state index contributed by atoms with van der Waals surface area (Å²) in [5.41, 5.74) is 0. The average Bonchev–Trinajstić information content (AvgIpc) is 3.05. The summed E-state index contributed by atoms with van der Waals surface area (Å²) < 4.78 is 24.5. The van der Waals surface area contributed by atoms with E-state index in [4.69, 9.17) is 0 Å². The molecule has 6 heteroatoms. The number of sulfonamides is 1. The quantitative estimate of drug-likeness (QED) is 0.568. The van der Waals surface area contributed by atoms with Gasteiger partial charge in [0, 0.05) is 39.3 Å². The first-order chi connectivity index (χ1) is 10.0. The number of nitrogens with one attached hydrogen (secondary N) is 1. The molecule has 3 rings (SSSR count). The average molecular weight is 313 g/mol. The largest absolute Gasteiger partial charge is 0.315 e. The molecule has 2 fully saturated rings. The second-order valence-corrected chi connectivity index (χ2v) is 8.73. The maximum Gasteiger partial charge on any atom is 0.211 e. The zero-order chi connectivity index (χ0) is 14.9. The summed E-state index contributed by atoms with van der Waals surface area (Å²) in [6.07, 6.45) is 8.84. The Balaban J connectivity index is 1.30. The highest BCUT2D eigenvalue weighted by Gasteiger charge is 2.34. The van der Waals surface area contributed by atoms with Crippen molar-refractivity contribution in [2.45, 2.75) is 12.8 Å². The van der Waals surface area contributed by atoms with Crippen LogP contribution in [0.2, 0.25) is 0 Å². The molecule has 3 atom stereocenters. The molecule has 5 nitrogen and oxygen atoms in total. The third-order valence-electron chi connectivity index (χ3n) is 5.23. The van der Waals surface area contributed by atoms with Crippen LogP contribution in [-0.2, 0) is 10.0 Å². The lowest BCUT2D eigenvalue weighted by atomic mass is 9.94. The fourth-order valence-corrected chi connectivity index (χ4v) is 4.77. The standard InChI is InChI=1S/C15H27N3O2S/c1-21(19,20)18-8-6-17(7-9-18)5-4-16-12-15-11-13-2-3-14(15)10-13/h2-3,13-16H,4-12H2,1H3/t13-,14-,15+/m0/s1. The SMILES string of the molecule is CS(=O)(=O)N1CCN(CCNC[C@H]2C[C@H]3C=C[C@H]2C3)CC1. The summed E-state index contributed by atoms with van der Waals surface area (Å²) in [6, 6.07) is 0.